The summed E-state index contributed by atoms with van der Waals surface area (Å²) in [5.41, 5.74) is 7.14. The average molecular weight is 344 g/mol. The third-order valence-corrected chi connectivity index (χ3v) is 6.05. The summed E-state index contributed by atoms with van der Waals surface area (Å²) in [6.45, 7) is 1.93. The molecule has 2 heterocycles. The summed E-state index contributed by atoms with van der Waals surface area (Å²) >= 11 is 3.40. The molecule has 0 saturated carbocycles. The van der Waals surface area contributed by atoms with E-state index < -0.39 is 15.4 Å². The zero-order valence-corrected chi connectivity index (χ0v) is 12.8. The van der Waals surface area contributed by atoms with Crippen molar-refractivity contribution in [2.24, 2.45) is 0 Å². The predicted octanol–water partition coefficient (Wildman–Crippen LogP) is 1.91. The lowest BCUT2D eigenvalue weighted by molar-refractivity contribution is 0.381. The van der Waals surface area contributed by atoms with E-state index in [0.29, 0.717) is 12.4 Å². The van der Waals surface area contributed by atoms with Crippen LogP contribution in [0.2, 0.25) is 0 Å². The molecule has 5 nitrogen and oxygen atoms in total. The minimum absolute atomic E-state index is 0.117. The molecule has 2 N–H and O–H groups in total. The predicted molar refractivity (Wildman–Crippen MR) is 78.8 cm³/mol. The molecule has 1 saturated heterocycles. The molecule has 0 spiro atoms. The number of nitrogens with zero attached hydrogens (tertiary/aromatic N) is 2. The normalized spacial score (nSPS) is 26.0. The average Bonchev–Trinajstić information content (AvgIpc) is 2.75. The Hall–Kier alpha value is -1.08. The molecular weight excluding hydrogens is 330 g/mol. The molecule has 7 heteroatoms. The minimum atomic E-state index is -2.99. The van der Waals surface area contributed by atoms with Crippen LogP contribution in [-0.2, 0) is 15.4 Å². The number of aromatic nitrogens is 2. The number of sulfone groups is 1. The van der Waals surface area contributed by atoms with Crippen molar-refractivity contribution in [3.8, 4) is 0 Å². The number of benzene rings is 1. The van der Waals surface area contributed by atoms with Gasteiger partial charge in [-0.1, -0.05) is 15.9 Å². The standard InChI is InChI=1S/C12H14BrN3O2S/c1-12(4-5-19(17,18)7-12)16-10-3-2-8(13)6-9(10)15-11(16)14/h2-3,6H,4-5,7H2,1H3,(H2,14,15). The fourth-order valence-corrected chi connectivity index (χ4v) is 5.27. The molecule has 1 unspecified atom stereocenters. The number of anilines is 1. The number of halogens is 1. The molecule has 1 aliphatic rings. The Labute approximate surface area is 119 Å². The molecule has 1 atom stereocenters. The zero-order valence-electron chi connectivity index (χ0n) is 10.4. The highest BCUT2D eigenvalue weighted by Crippen LogP contribution is 2.36. The minimum Gasteiger partial charge on any atom is -0.369 e. The molecule has 3 rings (SSSR count). The number of nitrogens with two attached hydrogens (primary N) is 1. The molecule has 2 aromatic rings. The summed E-state index contributed by atoms with van der Waals surface area (Å²) in [6.07, 6.45) is 0.570. The number of rotatable bonds is 1. The molecule has 0 amide bonds. The third-order valence-electron chi connectivity index (χ3n) is 3.66. The van der Waals surface area contributed by atoms with Crippen LogP contribution >= 0.6 is 15.9 Å². The van der Waals surface area contributed by atoms with E-state index in [4.69, 9.17) is 5.73 Å². The molecular formula is C12H14BrN3O2S. The number of fused-ring (bicyclic) bond motifs is 1. The molecule has 1 fully saturated rings. The van der Waals surface area contributed by atoms with Gasteiger partial charge in [-0.15, -0.1) is 0 Å². The van der Waals surface area contributed by atoms with Crippen molar-refractivity contribution in [3.05, 3.63) is 22.7 Å². The van der Waals surface area contributed by atoms with Crippen molar-refractivity contribution in [1.82, 2.24) is 9.55 Å². The monoisotopic (exact) mass is 343 g/mol. The van der Waals surface area contributed by atoms with Crippen molar-refractivity contribution >= 4 is 42.7 Å². The van der Waals surface area contributed by atoms with Crippen LogP contribution in [0.1, 0.15) is 13.3 Å². The van der Waals surface area contributed by atoms with Crippen LogP contribution in [0.15, 0.2) is 22.7 Å². The van der Waals surface area contributed by atoms with Gasteiger partial charge in [0.05, 0.1) is 28.1 Å². The second-order valence-electron chi connectivity index (χ2n) is 5.28. The molecule has 0 radical (unpaired) electrons. The Morgan fingerprint density at radius 3 is 2.84 bits per heavy atom. The molecule has 0 aliphatic carbocycles. The van der Waals surface area contributed by atoms with E-state index in [9.17, 15) is 8.42 Å². The van der Waals surface area contributed by atoms with Crippen LogP contribution in [0.5, 0.6) is 0 Å². The smallest absolute Gasteiger partial charge is 0.201 e. The van der Waals surface area contributed by atoms with Gasteiger partial charge in [0.1, 0.15) is 0 Å². The maximum Gasteiger partial charge on any atom is 0.201 e. The number of hydrogen-bond donors (Lipinski definition) is 1. The largest absolute Gasteiger partial charge is 0.369 e. The zero-order chi connectivity index (χ0) is 13.8. The molecule has 0 bridgehead atoms. The Morgan fingerprint density at radius 1 is 1.47 bits per heavy atom. The van der Waals surface area contributed by atoms with E-state index >= 15 is 0 Å². The SMILES string of the molecule is CC1(n2c(N)nc3cc(Br)ccc32)CCS(=O)(=O)C1. The lowest BCUT2D eigenvalue weighted by atomic mass is 10.0. The van der Waals surface area contributed by atoms with E-state index in [2.05, 4.69) is 20.9 Å². The first-order chi connectivity index (χ1) is 8.81. The summed E-state index contributed by atoms with van der Waals surface area (Å²) in [4.78, 5) is 4.33. The van der Waals surface area contributed by atoms with Crippen LogP contribution in [-0.4, -0.2) is 29.5 Å². The van der Waals surface area contributed by atoms with Crippen LogP contribution in [0.3, 0.4) is 0 Å². The van der Waals surface area contributed by atoms with E-state index in [1.807, 2.05) is 29.7 Å². The van der Waals surface area contributed by atoms with Gasteiger partial charge in [-0.25, -0.2) is 13.4 Å². The first kappa shape index (κ1) is 12.9. The second kappa shape index (κ2) is 3.96. The summed E-state index contributed by atoms with van der Waals surface area (Å²) in [5, 5.41) is 0. The summed E-state index contributed by atoms with van der Waals surface area (Å²) in [7, 11) is -2.99. The van der Waals surface area contributed by atoms with Crippen molar-refractivity contribution in [2.75, 3.05) is 17.2 Å². The van der Waals surface area contributed by atoms with Gasteiger partial charge < -0.3 is 10.3 Å². The first-order valence-corrected chi connectivity index (χ1v) is 8.57. The van der Waals surface area contributed by atoms with Gasteiger partial charge in [0.15, 0.2) is 9.84 Å². The summed E-state index contributed by atoms with van der Waals surface area (Å²) in [5.74, 6) is 0.693. The molecule has 102 valence electrons. The quantitative estimate of drug-likeness (QED) is 0.857. The fraction of sp³-hybridized carbons (Fsp3) is 0.417. The van der Waals surface area contributed by atoms with E-state index in [1.54, 1.807) is 0 Å². The molecule has 1 aliphatic heterocycles. The van der Waals surface area contributed by atoms with Gasteiger partial charge in [-0.05, 0) is 31.5 Å². The molecule has 1 aromatic carbocycles. The Morgan fingerprint density at radius 2 is 2.21 bits per heavy atom. The Kier molecular flexibility index (Phi) is 2.69. The van der Waals surface area contributed by atoms with Crippen LogP contribution in [0, 0.1) is 0 Å². The van der Waals surface area contributed by atoms with Gasteiger partial charge in [-0.2, -0.15) is 0 Å². The Bertz CT molecular complexity index is 769. The van der Waals surface area contributed by atoms with E-state index in [1.165, 1.54) is 0 Å². The van der Waals surface area contributed by atoms with Gasteiger partial charge in [0.2, 0.25) is 5.95 Å². The van der Waals surface area contributed by atoms with Crippen LogP contribution in [0.25, 0.3) is 11.0 Å². The third kappa shape index (κ3) is 2.04. The van der Waals surface area contributed by atoms with Crippen molar-refractivity contribution in [2.45, 2.75) is 18.9 Å². The van der Waals surface area contributed by atoms with Gasteiger partial charge in [0, 0.05) is 4.47 Å². The van der Waals surface area contributed by atoms with Crippen LogP contribution < -0.4 is 5.73 Å². The highest BCUT2D eigenvalue weighted by molar-refractivity contribution is 9.10. The van der Waals surface area contributed by atoms with Gasteiger partial charge >= 0.3 is 0 Å². The van der Waals surface area contributed by atoms with Crippen molar-refractivity contribution < 1.29 is 8.42 Å². The summed E-state index contributed by atoms with van der Waals surface area (Å²) < 4.78 is 26.3. The second-order valence-corrected chi connectivity index (χ2v) is 8.38. The number of imidazole rings is 1. The maximum atomic E-state index is 11.8. The lowest BCUT2D eigenvalue weighted by Crippen LogP contribution is -2.32. The van der Waals surface area contributed by atoms with Crippen molar-refractivity contribution in [3.63, 3.8) is 0 Å². The molecule has 19 heavy (non-hydrogen) atoms. The topological polar surface area (TPSA) is 78.0 Å². The van der Waals surface area contributed by atoms with E-state index in [0.717, 1.165) is 15.5 Å². The van der Waals surface area contributed by atoms with Crippen molar-refractivity contribution in [1.29, 1.82) is 0 Å². The highest BCUT2D eigenvalue weighted by Gasteiger charge is 2.41. The number of nitrogen functional groups attached to an aromatic ring is 1. The van der Waals surface area contributed by atoms with Crippen LogP contribution in [0.4, 0.5) is 5.95 Å². The molecule has 1 aromatic heterocycles. The first-order valence-electron chi connectivity index (χ1n) is 5.95. The summed E-state index contributed by atoms with van der Waals surface area (Å²) in [6, 6.07) is 5.71. The van der Waals surface area contributed by atoms with Gasteiger partial charge in [0.25, 0.3) is 0 Å². The number of hydrogen-bond acceptors (Lipinski definition) is 4. The van der Waals surface area contributed by atoms with Gasteiger partial charge in [-0.3, -0.25) is 0 Å². The lowest BCUT2D eigenvalue weighted by Gasteiger charge is -2.26. The Balaban J connectivity index is 2.23. The van der Waals surface area contributed by atoms with E-state index in [-0.39, 0.29) is 11.5 Å². The highest BCUT2D eigenvalue weighted by atomic mass is 79.9. The maximum absolute atomic E-state index is 11.8. The fourth-order valence-electron chi connectivity index (χ4n) is 2.81.